The minimum atomic E-state index is -0.482. The molecule has 3 rings (SSSR count). The minimum absolute atomic E-state index is 0.00383. The van der Waals surface area contributed by atoms with Gasteiger partial charge in [0.2, 0.25) is 5.76 Å². The summed E-state index contributed by atoms with van der Waals surface area (Å²) in [6.45, 7) is 1.98. The summed E-state index contributed by atoms with van der Waals surface area (Å²) in [5.74, 6) is 1.18. The lowest BCUT2D eigenvalue weighted by atomic mass is 10.3. The van der Waals surface area contributed by atoms with Crippen LogP contribution >= 0.6 is 11.8 Å². The van der Waals surface area contributed by atoms with Gasteiger partial charge in [-0.2, -0.15) is 0 Å². The quantitative estimate of drug-likeness (QED) is 0.565. The van der Waals surface area contributed by atoms with E-state index in [-0.39, 0.29) is 11.0 Å². The summed E-state index contributed by atoms with van der Waals surface area (Å²) in [7, 11) is 2.95. The SMILES string of the molecule is COC(=O)c1ccc([C@@H](C)Sc2nc3ccc(OC)cc3[nH]2)o1. The molecule has 0 amide bonds. The van der Waals surface area contributed by atoms with Gasteiger partial charge in [-0.05, 0) is 31.2 Å². The van der Waals surface area contributed by atoms with Crippen molar-refractivity contribution in [1.82, 2.24) is 9.97 Å². The van der Waals surface area contributed by atoms with Crippen LogP contribution in [0.5, 0.6) is 5.75 Å². The smallest absolute Gasteiger partial charge is 0.373 e. The number of hydrogen-bond acceptors (Lipinski definition) is 6. The number of H-pyrrole nitrogens is 1. The molecule has 2 aromatic heterocycles. The van der Waals surface area contributed by atoms with Crippen molar-refractivity contribution >= 4 is 28.8 Å². The number of rotatable bonds is 5. The number of fused-ring (bicyclic) bond motifs is 1. The molecule has 1 atom stereocenters. The van der Waals surface area contributed by atoms with Crippen LogP contribution in [0.25, 0.3) is 11.0 Å². The number of furan rings is 1. The summed E-state index contributed by atoms with van der Waals surface area (Å²) in [4.78, 5) is 19.2. The van der Waals surface area contributed by atoms with E-state index < -0.39 is 5.97 Å². The Morgan fingerprint density at radius 1 is 1.30 bits per heavy atom. The molecule has 7 heteroatoms. The number of carbonyl (C=O) groups excluding carboxylic acids is 1. The van der Waals surface area contributed by atoms with Crippen LogP contribution < -0.4 is 4.74 Å². The van der Waals surface area contributed by atoms with Gasteiger partial charge in [0.25, 0.3) is 0 Å². The third-order valence-corrected chi connectivity index (χ3v) is 4.37. The number of aromatic amines is 1. The molecule has 0 radical (unpaired) electrons. The van der Waals surface area contributed by atoms with Gasteiger partial charge in [-0.1, -0.05) is 11.8 Å². The molecule has 1 N–H and O–H groups in total. The first-order valence-electron chi connectivity index (χ1n) is 6.99. The molecule has 0 aliphatic carbocycles. The molecule has 6 nitrogen and oxygen atoms in total. The largest absolute Gasteiger partial charge is 0.497 e. The van der Waals surface area contributed by atoms with Crippen molar-refractivity contribution in [2.75, 3.05) is 14.2 Å². The topological polar surface area (TPSA) is 77.4 Å². The number of imidazole rings is 1. The third-order valence-electron chi connectivity index (χ3n) is 3.37. The van der Waals surface area contributed by atoms with E-state index in [0.717, 1.165) is 21.9 Å². The molecule has 0 aliphatic heterocycles. The molecular weight excluding hydrogens is 316 g/mol. The first kappa shape index (κ1) is 15.5. The molecule has 0 saturated carbocycles. The molecule has 120 valence electrons. The molecule has 0 aliphatic rings. The maximum atomic E-state index is 11.4. The molecule has 0 fully saturated rings. The molecule has 3 aromatic rings. The van der Waals surface area contributed by atoms with Crippen molar-refractivity contribution in [2.24, 2.45) is 0 Å². The number of esters is 1. The summed E-state index contributed by atoms with van der Waals surface area (Å²) in [6, 6.07) is 9.06. The van der Waals surface area contributed by atoms with E-state index in [4.69, 9.17) is 9.15 Å². The third kappa shape index (κ3) is 3.19. The van der Waals surface area contributed by atoms with E-state index in [0.29, 0.717) is 5.76 Å². The Balaban J connectivity index is 1.78. The summed E-state index contributed by atoms with van der Waals surface area (Å²) >= 11 is 1.52. The number of aromatic nitrogens is 2. The van der Waals surface area contributed by atoms with Crippen molar-refractivity contribution in [3.8, 4) is 5.75 Å². The fraction of sp³-hybridized carbons (Fsp3) is 0.250. The Labute approximate surface area is 137 Å². The number of carbonyl (C=O) groups is 1. The maximum Gasteiger partial charge on any atom is 0.373 e. The van der Waals surface area contributed by atoms with Crippen molar-refractivity contribution in [2.45, 2.75) is 17.3 Å². The number of nitrogens with one attached hydrogen (secondary N) is 1. The summed E-state index contributed by atoms with van der Waals surface area (Å²) in [5, 5.41) is 0.771. The Morgan fingerprint density at radius 2 is 2.13 bits per heavy atom. The van der Waals surface area contributed by atoms with Gasteiger partial charge in [0.1, 0.15) is 11.5 Å². The number of nitrogens with zero attached hydrogens (tertiary/aromatic N) is 1. The molecule has 0 spiro atoms. The van der Waals surface area contributed by atoms with Crippen molar-refractivity contribution in [3.63, 3.8) is 0 Å². The van der Waals surface area contributed by atoms with E-state index in [2.05, 4.69) is 14.7 Å². The Hall–Kier alpha value is -2.41. The first-order chi connectivity index (χ1) is 11.1. The molecule has 2 heterocycles. The van der Waals surface area contributed by atoms with Gasteiger partial charge in [0.15, 0.2) is 5.16 Å². The lowest BCUT2D eigenvalue weighted by Gasteiger charge is -2.05. The zero-order chi connectivity index (χ0) is 16.4. The van der Waals surface area contributed by atoms with Crippen molar-refractivity contribution in [1.29, 1.82) is 0 Å². The predicted octanol–water partition coefficient (Wildman–Crippen LogP) is 3.80. The van der Waals surface area contributed by atoms with Gasteiger partial charge in [0.05, 0.1) is 30.5 Å². The average molecular weight is 332 g/mol. The molecule has 0 saturated heterocycles. The summed E-state index contributed by atoms with van der Waals surface area (Å²) in [6.07, 6.45) is 0. The lowest BCUT2D eigenvalue weighted by Crippen LogP contribution is -1.98. The Kier molecular flexibility index (Phi) is 4.29. The highest BCUT2D eigenvalue weighted by Crippen LogP contribution is 2.35. The van der Waals surface area contributed by atoms with Crippen LogP contribution in [0, 0.1) is 0 Å². The highest BCUT2D eigenvalue weighted by Gasteiger charge is 2.17. The fourth-order valence-electron chi connectivity index (χ4n) is 2.16. The second kappa shape index (κ2) is 6.37. The first-order valence-corrected chi connectivity index (χ1v) is 7.87. The van der Waals surface area contributed by atoms with Crippen molar-refractivity contribution in [3.05, 3.63) is 41.9 Å². The molecule has 1 aromatic carbocycles. The number of hydrogen-bond donors (Lipinski definition) is 1. The van der Waals surface area contributed by atoms with Crippen molar-refractivity contribution < 1.29 is 18.7 Å². The second-order valence-corrected chi connectivity index (χ2v) is 6.21. The molecule has 0 bridgehead atoms. The zero-order valence-electron chi connectivity index (χ0n) is 13.0. The monoisotopic (exact) mass is 332 g/mol. The normalized spacial score (nSPS) is 12.3. The molecule has 23 heavy (non-hydrogen) atoms. The zero-order valence-corrected chi connectivity index (χ0v) is 13.8. The van der Waals surface area contributed by atoms with Crippen LogP contribution in [0.15, 0.2) is 39.9 Å². The highest BCUT2D eigenvalue weighted by atomic mass is 32.2. The standard InChI is InChI=1S/C16H16N2O4S/c1-9(13-6-7-14(22-13)15(19)21-3)23-16-17-11-5-4-10(20-2)8-12(11)18-16/h4-9H,1-3H3,(H,17,18)/t9-/m1/s1. The van der Waals surface area contributed by atoms with E-state index in [1.54, 1.807) is 19.2 Å². The van der Waals surface area contributed by atoms with Gasteiger partial charge in [-0.3, -0.25) is 0 Å². The van der Waals surface area contributed by atoms with Crippen LogP contribution in [0.1, 0.15) is 28.5 Å². The predicted molar refractivity (Wildman–Crippen MR) is 87.0 cm³/mol. The average Bonchev–Trinajstić information content (AvgIpc) is 3.19. The number of thioether (sulfide) groups is 1. The summed E-state index contributed by atoms with van der Waals surface area (Å²) in [5.41, 5.74) is 1.78. The van der Waals surface area contributed by atoms with E-state index in [1.165, 1.54) is 18.9 Å². The van der Waals surface area contributed by atoms with Crippen LogP contribution in [-0.4, -0.2) is 30.2 Å². The van der Waals surface area contributed by atoms with Crippen LogP contribution in [0.2, 0.25) is 0 Å². The minimum Gasteiger partial charge on any atom is -0.497 e. The lowest BCUT2D eigenvalue weighted by molar-refractivity contribution is 0.0563. The molecular formula is C16H16N2O4S. The Morgan fingerprint density at radius 3 is 2.87 bits per heavy atom. The van der Waals surface area contributed by atoms with Gasteiger partial charge in [-0.25, -0.2) is 9.78 Å². The fourth-order valence-corrected chi connectivity index (χ4v) is 3.05. The van der Waals surface area contributed by atoms with Gasteiger partial charge < -0.3 is 18.9 Å². The van der Waals surface area contributed by atoms with Crippen LogP contribution in [-0.2, 0) is 4.74 Å². The van der Waals surface area contributed by atoms with Crippen LogP contribution in [0.3, 0.4) is 0 Å². The molecule has 0 unspecified atom stereocenters. The number of benzene rings is 1. The van der Waals surface area contributed by atoms with E-state index >= 15 is 0 Å². The van der Waals surface area contributed by atoms with Crippen LogP contribution in [0.4, 0.5) is 0 Å². The summed E-state index contributed by atoms with van der Waals surface area (Å²) < 4.78 is 15.4. The van der Waals surface area contributed by atoms with E-state index in [1.807, 2.05) is 25.1 Å². The number of ether oxygens (including phenoxy) is 2. The van der Waals surface area contributed by atoms with E-state index in [9.17, 15) is 4.79 Å². The highest BCUT2D eigenvalue weighted by molar-refractivity contribution is 7.99. The van der Waals surface area contributed by atoms with Gasteiger partial charge in [-0.15, -0.1) is 0 Å². The van der Waals surface area contributed by atoms with Gasteiger partial charge in [0, 0.05) is 6.07 Å². The van der Waals surface area contributed by atoms with Gasteiger partial charge >= 0.3 is 5.97 Å². The maximum absolute atomic E-state index is 11.4. The number of methoxy groups -OCH3 is 2. The Bertz CT molecular complexity index is 840. The second-order valence-electron chi connectivity index (χ2n) is 4.88.